The smallest absolute Gasteiger partial charge is 0.328 e. The number of amides is 1. The first-order valence-corrected chi connectivity index (χ1v) is 5.23. The van der Waals surface area contributed by atoms with Crippen LogP contribution < -0.4 is 11.1 Å². The Balaban J connectivity index is 4.06. The van der Waals surface area contributed by atoms with Crippen molar-refractivity contribution in [1.82, 2.24) is 5.32 Å². The summed E-state index contributed by atoms with van der Waals surface area (Å²) in [6.45, 7) is 2.33. The van der Waals surface area contributed by atoms with Gasteiger partial charge in [-0.05, 0) is 25.8 Å². The Kier molecular flexibility index (Phi) is 7.62. The fourth-order valence-corrected chi connectivity index (χ4v) is 1.18. The average Bonchev–Trinajstić information content (AvgIpc) is 2.26. The molecule has 3 N–H and O–H groups in total. The van der Waals surface area contributed by atoms with E-state index < -0.39 is 12.0 Å². The standard InChI is InChI=1S/C10H20N2O3/c1-3-9(13)12-8(10(14)15-2)6-4-5-7-11/h8H,3-7,11H2,1-2H3,(H,12,13)/t8-/m0/s1. The molecule has 0 unspecified atom stereocenters. The van der Waals surface area contributed by atoms with Gasteiger partial charge in [0.25, 0.3) is 0 Å². The Bertz CT molecular complexity index is 207. The van der Waals surface area contributed by atoms with Gasteiger partial charge in [0.2, 0.25) is 5.91 Å². The molecular weight excluding hydrogens is 196 g/mol. The van der Waals surface area contributed by atoms with Gasteiger partial charge in [-0.2, -0.15) is 0 Å². The first-order valence-electron chi connectivity index (χ1n) is 5.23. The number of hydrogen-bond donors (Lipinski definition) is 2. The van der Waals surface area contributed by atoms with Gasteiger partial charge >= 0.3 is 5.97 Å². The third-order valence-electron chi connectivity index (χ3n) is 2.09. The molecule has 0 aliphatic rings. The summed E-state index contributed by atoms with van der Waals surface area (Å²) in [6, 6.07) is -0.533. The van der Waals surface area contributed by atoms with Gasteiger partial charge in [-0.1, -0.05) is 6.92 Å². The molecule has 1 amide bonds. The molecule has 0 fully saturated rings. The molecule has 0 spiro atoms. The second-order valence-corrected chi connectivity index (χ2v) is 3.28. The molecule has 0 aromatic heterocycles. The Morgan fingerprint density at radius 2 is 2.07 bits per heavy atom. The van der Waals surface area contributed by atoms with Crippen molar-refractivity contribution in [2.24, 2.45) is 5.73 Å². The van der Waals surface area contributed by atoms with Gasteiger partial charge in [-0.15, -0.1) is 0 Å². The monoisotopic (exact) mass is 216 g/mol. The van der Waals surface area contributed by atoms with Crippen molar-refractivity contribution in [1.29, 1.82) is 0 Å². The van der Waals surface area contributed by atoms with Gasteiger partial charge < -0.3 is 15.8 Å². The van der Waals surface area contributed by atoms with Gasteiger partial charge in [-0.3, -0.25) is 4.79 Å². The van der Waals surface area contributed by atoms with Crippen LogP contribution in [0.25, 0.3) is 0 Å². The molecule has 0 saturated carbocycles. The zero-order valence-corrected chi connectivity index (χ0v) is 9.41. The van der Waals surface area contributed by atoms with Crippen LogP contribution in [0.4, 0.5) is 0 Å². The van der Waals surface area contributed by atoms with E-state index in [-0.39, 0.29) is 5.91 Å². The fourth-order valence-electron chi connectivity index (χ4n) is 1.18. The number of ether oxygens (including phenoxy) is 1. The first kappa shape index (κ1) is 13.9. The molecule has 5 heteroatoms. The van der Waals surface area contributed by atoms with E-state index in [2.05, 4.69) is 10.1 Å². The maximum atomic E-state index is 11.3. The van der Waals surface area contributed by atoms with Crippen LogP contribution in [0.2, 0.25) is 0 Å². The summed E-state index contributed by atoms with van der Waals surface area (Å²) < 4.78 is 4.60. The number of methoxy groups -OCH3 is 1. The highest BCUT2D eigenvalue weighted by molar-refractivity contribution is 5.84. The number of hydrogen-bond acceptors (Lipinski definition) is 4. The van der Waals surface area contributed by atoms with E-state index in [0.717, 1.165) is 12.8 Å². The third kappa shape index (κ3) is 6.06. The SMILES string of the molecule is CCC(=O)N[C@@H](CCCCN)C(=O)OC. The predicted molar refractivity (Wildman–Crippen MR) is 57.1 cm³/mol. The molecular formula is C10H20N2O3. The number of unbranched alkanes of at least 4 members (excludes halogenated alkanes) is 1. The molecule has 5 nitrogen and oxygen atoms in total. The molecule has 0 aromatic rings. The van der Waals surface area contributed by atoms with Crippen molar-refractivity contribution in [2.75, 3.05) is 13.7 Å². The topological polar surface area (TPSA) is 81.4 Å². The van der Waals surface area contributed by atoms with Crippen molar-refractivity contribution in [2.45, 2.75) is 38.6 Å². The first-order chi connectivity index (χ1) is 7.15. The minimum absolute atomic E-state index is 0.141. The minimum Gasteiger partial charge on any atom is -0.467 e. The molecule has 0 aliphatic carbocycles. The zero-order valence-electron chi connectivity index (χ0n) is 9.41. The maximum absolute atomic E-state index is 11.3. The van der Waals surface area contributed by atoms with Crippen molar-refractivity contribution in [3.05, 3.63) is 0 Å². The molecule has 0 heterocycles. The van der Waals surface area contributed by atoms with Crippen LogP contribution in [0.5, 0.6) is 0 Å². The lowest BCUT2D eigenvalue weighted by Crippen LogP contribution is -2.41. The van der Waals surface area contributed by atoms with E-state index in [1.807, 2.05) is 0 Å². The van der Waals surface area contributed by atoms with E-state index in [1.54, 1.807) is 6.92 Å². The Morgan fingerprint density at radius 1 is 1.40 bits per heavy atom. The van der Waals surface area contributed by atoms with Gasteiger partial charge in [-0.25, -0.2) is 4.79 Å². The van der Waals surface area contributed by atoms with E-state index in [9.17, 15) is 9.59 Å². The van der Waals surface area contributed by atoms with E-state index in [0.29, 0.717) is 19.4 Å². The van der Waals surface area contributed by atoms with Crippen molar-refractivity contribution in [3.63, 3.8) is 0 Å². The molecule has 0 aliphatic heterocycles. The summed E-state index contributed by atoms with van der Waals surface area (Å²) in [7, 11) is 1.32. The average molecular weight is 216 g/mol. The Labute approximate surface area is 90.4 Å². The van der Waals surface area contributed by atoms with Crippen LogP contribution in [0.1, 0.15) is 32.6 Å². The molecule has 0 radical (unpaired) electrons. The van der Waals surface area contributed by atoms with E-state index in [1.165, 1.54) is 7.11 Å². The zero-order chi connectivity index (χ0) is 11.7. The summed E-state index contributed by atoms with van der Waals surface area (Å²) in [4.78, 5) is 22.4. The molecule has 0 bridgehead atoms. The molecule has 0 rings (SSSR count). The van der Waals surface area contributed by atoms with E-state index in [4.69, 9.17) is 5.73 Å². The number of nitrogens with one attached hydrogen (secondary N) is 1. The number of carbonyl (C=O) groups excluding carboxylic acids is 2. The summed E-state index contributed by atoms with van der Waals surface area (Å²) in [5, 5.41) is 2.62. The lowest BCUT2D eigenvalue weighted by Gasteiger charge is -2.15. The van der Waals surface area contributed by atoms with Gasteiger partial charge in [0.1, 0.15) is 6.04 Å². The second kappa shape index (κ2) is 8.23. The highest BCUT2D eigenvalue weighted by Gasteiger charge is 2.19. The van der Waals surface area contributed by atoms with E-state index >= 15 is 0 Å². The lowest BCUT2D eigenvalue weighted by molar-refractivity contribution is -0.145. The van der Waals surface area contributed by atoms with Crippen LogP contribution in [0, 0.1) is 0 Å². The minimum atomic E-state index is -0.533. The van der Waals surface area contributed by atoms with Gasteiger partial charge in [0, 0.05) is 6.42 Å². The summed E-state index contributed by atoms with van der Waals surface area (Å²) in [5.74, 6) is -0.535. The number of nitrogens with two attached hydrogens (primary N) is 1. The van der Waals surface area contributed by atoms with Crippen LogP contribution in [0.15, 0.2) is 0 Å². The van der Waals surface area contributed by atoms with Crippen LogP contribution in [-0.2, 0) is 14.3 Å². The highest BCUT2D eigenvalue weighted by atomic mass is 16.5. The predicted octanol–water partition coefficient (Wildman–Crippen LogP) is 0.183. The van der Waals surface area contributed by atoms with Crippen LogP contribution in [0.3, 0.4) is 0 Å². The molecule has 88 valence electrons. The molecule has 1 atom stereocenters. The van der Waals surface area contributed by atoms with Crippen molar-refractivity contribution < 1.29 is 14.3 Å². The molecule has 0 saturated heterocycles. The van der Waals surface area contributed by atoms with Gasteiger partial charge in [0.05, 0.1) is 7.11 Å². The maximum Gasteiger partial charge on any atom is 0.328 e. The number of esters is 1. The van der Waals surface area contributed by atoms with Crippen LogP contribution >= 0.6 is 0 Å². The second-order valence-electron chi connectivity index (χ2n) is 3.28. The Hall–Kier alpha value is -1.10. The van der Waals surface area contributed by atoms with Gasteiger partial charge in [0.15, 0.2) is 0 Å². The summed E-state index contributed by atoms with van der Waals surface area (Å²) in [5.41, 5.74) is 5.35. The quantitative estimate of drug-likeness (QED) is 0.470. The van der Waals surface area contributed by atoms with Crippen molar-refractivity contribution >= 4 is 11.9 Å². The number of carbonyl (C=O) groups is 2. The number of rotatable bonds is 7. The Morgan fingerprint density at radius 3 is 2.53 bits per heavy atom. The largest absolute Gasteiger partial charge is 0.467 e. The normalized spacial score (nSPS) is 11.9. The summed E-state index contributed by atoms with van der Waals surface area (Å²) >= 11 is 0. The molecule has 15 heavy (non-hydrogen) atoms. The fraction of sp³-hybridized carbons (Fsp3) is 0.800. The summed E-state index contributed by atoms with van der Waals surface area (Å²) in [6.07, 6.45) is 2.59. The lowest BCUT2D eigenvalue weighted by atomic mass is 10.1. The van der Waals surface area contributed by atoms with Crippen molar-refractivity contribution in [3.8, 4) is 0 Å². The third-order valence-corrected chi connectivity index (χ3v) is 2.09. The highest BCUT2D eigenvalue weighted by Crippen LogP contribution is 2.02. The molecule has 0 aromatic carbocycles. The van der Waals surface area contributed by atoms with Crippen LogP contribution in [-0.4, -0.2) is 31.6 Å².